The monoisotopic (exact) mass is 136 g/mol. The molecule has 2 N–H and O–H groups in total. The van der Waals surface area contributed by atoms with Gasteiger partial charge in [-0.3, -0.25) is 0 Å². The van der Waals surface area contributed by atoms with E-state index in [-0.39, 0.29) is 6.04 Å². The lowest BCUT2D eigenvalue weighted by Crippen LogP contribution is -2.34. The Balaban J connectivity index is 2.28. The highest BCUT2D eigenvalue weighted by Gasteiger charge is 2.24. The topological polar surface area (TPSA) is 41.1 Å². The number of carbonyl (C=O) groups is 1. The zero-order valence-corrected chi connectivity index (χ0v) is 5.42. The van der Waals surface area contributed by atoms with E-state index in [1.165, 1.54) is 0 Å². The maximum atomic E-state index is 10.4. The van der Waals surface area contributed by atoms with Crippen molar-refractivity contribution in [2.24, 2.45) is 0 Å². The van der Waals surface area contributed by atoms with Crippen LogP contribution in [0.1, 0.15) is 6.42 Å². The second-order valence-electron chi connectivity index (χ2n) is 2.43. The molecule has 1 aliphatic carbocycles. The zero-order valence-electron chi connectivity index (χ0n) is 5.42. The molecule has 0 fully saturated rings. The molecule has 3 nitrogen and oxygen atoms in total. The smallest absolute Gasteiger partial charge is 0.142 e. The third-order valence-electron chi connectivity index (χ3n) is 1.84. The Bertz CT molecular complexity index is 230. The second kappa shape index (κ2) is 1.95. The number of aldehydes is 1. The molecule has 0 aromatic heterocycles. The molecule has 3 heteroatoms. The Morgan fingerprint density at radius 2 is 2.60 bits per heavy atom. The standard InChI is InChI=1S/C7H8N2O/c10-4-7-5-2-1-3-6(5)8-9-7/h1,3-4,7-9H,2H2. The van der Waals surface area contributed by atoms with Gasteiger partial charge in [0.25, 0.3) is 0 Å². The predicted octanol–water partition coefficient (Wildman–Crippen LogP) is -0.124. The molecule has 1 unspecified atom stereocenters. The van der Waals surface area contributed by atoms with Crippen molar-refractivity contribution in [3.05, 3.63) is 23.4 Å². The Morgan fingerprint density at radius 3 is 3.40 bits per heavy atom. The molecule has 10 heavy (non-hydrogen) atoms. The number of hydrogen-bond acceptors (Lipinski definition) is 3. The van der Waals surface area contributed by atoms with E-state index in [0.717, 1.165) is 24.0 Å². The first kappa shape index (κ1) is 5.68. The van der Waals surface area contributed by atoms with Crippen molar-refractivity contribution in [2.45, 2.75) is 12.5 Å². The zero-order chi connectivity index (χ0) is 6.97. The number of nitrogens with one attached hydrogen (secondary N) is 2. The summed E-state index contributed by atoms with van der Waals surface area (Å²) in [5, 5.41) is 0. The van der Waals surface area contributed by atoms with Crippen LogP contribution in [0.2, 0.25) is 0 Å². The minimum atomic E-state index is -0.106. The van der Waals surface area contributed by atoms with Gasteiger partial charge in [0.05, 0.1) is 5.70 Å². The third-order valence-corrected chi connectivity index (χ3v) is 1.84. The normalized spacial score (nSPS) is 28.6. The maximum Gasteiger partial charge on any atom is 0.142 e. The predicted molar refractivity (Wildman–Crippen MR) is 36.9 cm³/mol. The molecule has 0 aromatic rings. The Hall–Kier alpha value is -1.09. The molecule has 52 valence electrons. The summed E-state index contributed by atoms with van der Waals surface area (Å²) < 4.78 is 0. The van der Waals surface area contributed by atoms with Crippen LogP contribution in [0.5, 0.6) is 0 Å². The summed E-state index contributed by atoms with van der Waals surface area (Å²) in [5.74, 6) is 0. The van der Waals surface area contributed by atoms with E-state index in [0.29, 0.717) is 0 Å². The van der Waals surface area contributed by atoms with Crippen molar-refractivity contribution in [3.8, 4) is 0 Å². The SMILES string of the molecule is O=CC1NNC2=C1CC=C2. The molecular formula is C7H8N2O. The summed E-state index contributed by atoms with van der Waals surface area (Å²) in [7, 11) is 0. The van der Waals surface area contributed by atoms with Gasteiger partial charge in [0.1, 0.15) is 12.3 Å². The molecule has 0 saturated heterocycles. The summed E-state index contributed by atoms with van der Waals surface area (Å²) in [4.78, 5) is 10.4. The van der Waals surface area contributed by atoms with E-state index in [4.69, 9.17) is 0 Å². The third kappa shape index (κ3) is 0.609. The van der Waals surface area contributed by atoms with Gasteiger partial charge in [-0.15, -0.1) is 0 Å². The van der Waals surface area contributed by atoms with Crippen molar-refractivity contribution in [1.29, 1.82) is 0 Å². The molecule has 1 heterocycles. The molecule has 0 bridgehead atoms. The van der Waals surface area contributed by atoms with E-state index in [2.05, 4.69) is 16.9 Å². The first-order valence-electron chi connectivity index (χ1n) is 3.28. The first-order valence-corrected chi connectivity index (χ1v) is 3.28. The Morgan fingerprint density at radius 1 is 1.70 bits per heavy atom. The number of hydrogen-bond donors (Lipinski definition) is 2. The average molecular weight is 136 g/mol. The van der Waals surface area contributed by atoms with Crippen molar-refractivity contribution in [1.82, 2.24) is 10.9 Å². The van der Waals surface area contributed by atoms with Gasteiger partial charge in [-0.2, -0.15) is 0 Å². The van der Waals surface area contributed by atoms with Gasteiger partial charge in [-0.05, 0) is 18.1 Å². The van der Waals surface area contributed by atoms with Gasteiger partial charge in [-0.1, -0.05) is 6.08 Å². The number of rotatable bonds is 1. The van der Waals surface area contributed by atoms with Crippen molar-refractivity contribution in [2.75, 3.05) is 0 Å². The highest BCUT2D eigenvalue weighted by Crippen LogP contribution is 2.22. The molecule has 1 aliphatic heterocycles. The lowest BCUT2D eigenvalue weighted by Gasteiger charge is -2.02. The summed E-state index contributed by atoms with van der Waals surface area (Å²) in [5.41, 5.74) is 8.02. The quantitative estimate of drug-likeness (QED) is 0.493. The van der Waals surface area contributed by atoms with Crippen LogP contribution in [0.15, 0.2) is 23.4 Å². The van der Waals surface area contributed by atoms with E-state index in [1.54, 1.807) is 0 Å². The van der Waals surface area contributed by atoms with Gasteiger partial charge in [0, 0.05) is 0 Å². The Labute approximate surface area is 58.8 Å². The van der Waals surface area contributed by atoms with Gasteiger partial charge < -0.3 is 10.2 Å². The number of carbonyl (C=O) groups excluding carboxylic acids is 1. The molecule has 0 spiro atoms. The van der Waals surface area contributed by atoms with E-state index in [1.807, 2.05) is 6.08 Å². The van der Waals surface area contributed by atoms with Crippen LogP contribution in [-0.4, -0.2) is 12.3 Å². The second-order valence-corrected chi connectivity index (χ2v) is 2.43. The summed E-state index contributed by atoms with van der Waals surface area (Å²) in [6.45, 7) is 0. The van der Waals surface area contributed by atoms with Crippen LogP contribution in [0.4, 0.5) is 0 Å². The van der Waals surface area contributed by atoms with Crippen LogP contribution in [0.3, 0.4) is 0 Å². The molecule has 2 aliphatic rings. The van der Waals surface area contributed by atoms with Gasteiger partial charge in [0.15, 0.2) is 0 Å². The molecular weight excluding hydrogens is 128 g/mol. The van der Waals surface area contributed by atoms with Gasteiger partial charge in [0.2, 0.25) is 0 Å². The molecule has 0 amide bonds. The van der Waals surface area contributed by atoms with Crippen LogP contribution in [-0.2, 0) is 4.79 Å². The van der Waals surface area contributed by atoms with E-state index in [9.17, 15) is 4.79 Å². The van der Waals surface area contributed by atoms with Crippen molar-refractivity contribution >= 4 is 6.29 Å². The molecule has 0 saturated carbocycles. The fraction of sp³-hybridized carbons (Fsp3) is 0.286. The van der Waals surface area contributed by atoms with Gasteiger partial charge in [-0.25, -0.2) is 5.43 Å². The fourth-order valence-electron chi connectivity index (χ4n) is 1.30. The van der Waals surface area contributed by atoms with Crippen molar-refractivity contribution < 1.29 is 4.79 Å². The van der Waals surface area contributed by atoms with E-state index >= 15 is 0 Å². The largest absolute Gasteiger partial charge is 0.321 e. The maximum absolute atomic E-state index is 10.4. The highest BCUT2D eigenvalue weighted by molar-refractivity contribution is 5.67. The van der Waals surface area contributed by atoms with Gasteiger partial charge >= 0.3 is 0 Å². The van der Waals surface area contributed by atoms with Crippen LogP contribution >= 0.6 is 0 Å². The highest BCUT2D eigenvalue weighted by atomic mass is 16.1. The average Bonchev–Trinajstić information content (AvgIpc) is 2.44. The van der Waals surface area contributed by atoms with E-state index < -0.39 is 0 Å². The van der Waals surface area contributed by atoms with Crippen molar-refractivity contribution in [3.63, 3.8) is 0 Å². The first-order chi connectivity index (χ1) is 4.92. The minimum Gasteiger partial charge on any atom is -0.321 e. The minimum absolute atomic E-state index is 0.106. The summed E-state index contributed by atoms with van der Waals surface area (Å²) in [6, 6.07) is -0.106. The molecule has 1 atom stereocenters. The van der Waals surface area contributed by atoms with Crippen LogP contribution in [0, 0.1) is 0 Å². The number of hydrazine groups is 1. The number of allylic oxidation sites excluding steroid dienone is 2. The lowest BCUT2D eigenvalue weighted by molar-refractivity contribution is -0.108. The Kier molecular flexibility index (Phi) is 1.11. The molecule has 2 rings (SSSR count). The molecule has 0 aromatic carbocycles. The summed E-state index contributed by atoms with van der Waals surface area (Å²) >= 11 is 0. The fourth-order valence-corrected chi connectivity index (χ4v) is 1.30. The molecule has 0 radical (unpaired) electrons. The van der Waals surface area contributed by atoms with Crippen LogP contribution in [0.25, 0.3) is 0 Å². The summed E-state index contributed by atoms with van der Waals surface area (Å²) in [6.07, 6.45) is 5.86. The lowest BCUT2D eigenvalue weighted by atomic mass is 10.1. The van der Waals surface area contributed by atoms with Crippen LogP contribution < -0.4 is 10.9 Å².